The van der Waals surface area contributed by atoms with E-state index in [2.05, 4.69) is 322 Å². The van der Waals surface area contributed by atoms with E-state index in [0.29, 0.717) is 0 Å². The lowest BCUT2D eigenvalue weighted by Crippen LogP contribution is -2.62. The van der Waals surface area contributed by atoms with Crippen LogP contribution < -0.4 is 31.1 Å². The standard InChI is InChI=1S/C88H98BN3/c1-80(2,3)59-35-32-55(33-36-59)58-34-39-74-69(44-58)87(18)42-26-27-43-88(87,19)92(74)62-47-77-79-78(48-62)91(73-41-38-61(82(7,8)9)46-64(73)57-30-24-21-25-31-57)76-52-68-66(84(12,13)54-86(68,16)17)50-71(76)89(79)70-49-65-67(85(14,15)53-83(65,10)11)51-75(70)90(77)72-40-37-60(81(4,5)6)45-63(72)56-28-22-20-23-29-56/h20-25,28-41,44-52H,26-27,42-43,53-54H2,1-19H3. The van der Waals surface area contributed by atoms with Gasteiger partial charge in [0.1, 0.15) is 0 Å². The largest absolute Gasteiger partial charge is 0.334 e. The van der Waals surface area contributed by atoms with Crippen molar-refractivity contribution in [3.8, 4) is 33.4 Å². The topological polar surface area (TPSA) is 9.72 Å². The summed E-state index contributed by atoms with van der Waals surface area (Å²) in [6.45, 7) is 46.4. The van der Waals surface area contributed by atoms with Gasteiger partial charge in [-0.3, -0.25) is 0 Å². The first-order valence-electron chi connectivity index (χ1n) is 34.8. The first kappa shape index (κ1) is 60.7. The maximum atomic E-state index is 2.88. The van der Waals surface area contributed by atoms with E-state index in [1.807, 2.05) is 0 Å². The summed E-state index contributed by atoms with van der Waals surface area (Å²) in [5, 5.41) is 0. The molecule has 15 rings (SSSR count). The van der Waals surface area contributed by atoms with Crippen molar-refractivity contribution in [2.24, 2.45) is 0 Å². The molecule has 468 valence electrons. The van der Waals surface area contributed by atoms with Gasteiger partial charge in [-0.25, -0.2) is 0 Å². The van der Waals surface area contributed by atoms with Crippen molar-refractivity contribution in [2.75, 3.05) is 14.7 Å². The molecule has 1 fully saturated rings. The molecule has 0 radical (unpaired) electrons. The van der Waals surface area contributed by atoms with Crippen molar-refractivity contribution in [1.29, 1.82) is 0 Å². The second-order valence-electron chi connectivity index (χ2n) is 35.2. The molecule has 0 amide bonds. The Balaban J connectivity index is 1.11. The van der Waals surface area contributed by atoms with Crippen molar-refractivity contribution in [3.05, 3.63) is 220 Å². The quantitative estimate of drug-likeness (QED) is 0.154. The van der Waals surface area contributed by atoms with E-state index >= 15 is 0 Å². The maximum absolute atomic E-state index is 2.88. The van der Waals surface area contributed by atoms with Crippen LogP contribution in [-0.4, -0.2) is 12.3 Å². The number of benzene rings is 9. The highest BCUT2D eigenvalue weighted by Crippen LogP contribution is 2.64. The van der Waals surface area contributed by atoms with Gasteiger partial charge in [0.15, 0.2) is 0 Å². The summed E-state index contributed by atoms with van der Waals surface area (Å²) in [5.74, 6) is 0. The predicted octanol–water partition coefficient (Wildman–Crippen LogP) is 22.3. The van der Waals surface area contributed by atoms with E-state index in [1.165, 1.54) is 153 Å². The highest BCUT2D eigenvalue weighted by molar-refractivity contribution is 7.00. The highest BCUT2D eigenvalue weighted by Gasteiger charge is 2.59. The molecule has 9 aromatic rings. The number of fused-ring (bicyclic) bond motifs is 9. The van der Waals surface area contributed by atoms with Crippen molar-refractivity contribution in [3.63, 3.8) is 0 Å². The summed E-state index contributed by atoms with van der Waals surface area (Å²) in [6, 6.07) is 70.8. The fraction of sp³-hybridized carbons (Fsp3) is 0.386. The van der Waals surface area contributed by atoms with Gasteiger partial charge in [0, 0.05) is 50.7 Å². The summed E-state index contributed by atoms with van der Waals surface area (Å²) in [5.41, 5.74) is 32.7. The molecule has 3 nitrogen and oxygen atoms in total. The molecule has 92 heavy (non-hydrogen) atoms. The minimum Gasteiger partial charge on any atom is -0.334 e. The maximum Gasteiger partial charge on any atom is 0.252 e. The Morgan fingerprint density at radius 3 is 1.18 bits per heavy atom. The van der Waals surface area contributed by atoms with Gasteiger partial charge in [-0.2, -0.15) is 0 Å². The third kappa shape index (κ3) is 9.08. The lowest BCUT2D eigenvalue weighted by molar-refractivity contribution is 0.195. The van der Waals surface area contributed by atoms with Gasteiger partial charge in [0.05, 0.1) is 16.9 Å². The van der Waals surface area contributed by atoms with E-state index in [1.54, 1.807) is 0 Å². The second-order valence-corrected chi connectivity index (χ2v) is 35.2. The zero-order chi connectivity index (χ0) is 65.0. The molecule has 0 bridgehead atoms. The van der Waals surface area contributed by atoms with Crippen LogP contribution in [0.1, 0.15) is 215 Å². The molecule has 9 aromatic carbocycles. The van der Waals surface area contributed by atoms with Gasteiger partial charge in [-0.15, -0.1) is 0 Å². The number of nitrogens with zero attached hydrogens (tertiary/aromatic N) is 3. The average Bonchev–Trinajstić information content (AvgIpc) is 1.25. The number of hydrogen-bond donors (Lipinski definition) is 0. The molecule has 2 atom stereocenters. The van der Waals surface area contributed by atoms with Gasteiger partial charge in [0.25, 0.3) is 6.71 Å². The summed E-state index contributed by atoms with van der Waals surface area (Å²) in [6.07, 6.45) is 6.80. The Hall–Kier alpha value is -7.56. The Kier molecular flexibility index (Phi) is 13.2. The van der Waals surface area contributed by atoms with Crippen LogP contribution in [0.3, 0.4) is 0 Å². The molecule has 3 aliphatic heterocycles. The third-order valence-electron chi connectivity index (χ3n) is 23.8. The van der Waals surface area contributed by atoms with Crippen molar-refractivity contribution < 1.29 is 0 Å². The summed E-state index contributed by atoms with van der Waals surface area (Å²) >= 11 is 0. The summed E-state index contributed by atoms with van der Waals surface area (Å²) in [4.78, 5) is 8.46. The van der Waals surface area contributed by atoms with Crippen LogP contribution in [0.25, 0.3) is 33.4 Å². The first-order valence-corrected chi connectivity index (χ1v) is 34.8. The van der Waals surface area contributed by atoms with Crippen molar-refractivity contribution >= 4 is 68.6 Å². The summed E-state index contributed by atoms with van der Waals surface area (Å²) in [7, 11) is 0. The lowest BCUT2D eigenvalue weighted by atomic mass is 9.33. The van der Waals surface area contributed by atoms with Gasteiger partial charge in [0.2, 0.25) is 0 Å². The molecule has 0 saturated heterocycles. The Morgan fingerprint density at radius 1 is 0.337 bits per heavy atom. The van der Waals surface area contributed by atoms with Gasteiger partial charge >= 0.3 is 0 Å². The van der Waals surface area contributed by atoms with E-state index < -0.39 is 0 Å². The lowest BCUT2D eigenvalue weighted by Gasteiger charge is -2.51. The molecule has 3 aliphatic carbocycles. The van der Waals surface area contributed by atoms with Crippen LogP contribution in [0.2, 0.25) is 0 Å². The van der Waals surface area contributed by atoms with Crippen LogP contribution >= 0.6 is 0 Å². The molecule has 1 saturated carbocycles. The molecule has 3 heterocycles. The SMILES string of the molecule is CC(C)(C)c1ccc(-c2ccc3c(c2)C2(C)CCCCC2(C)N3c2cc3c4c(c2)N(c2ccc(C(C)(C)C)cc2-c2ccccc2)c2cc5c(cc2B4c2cc4c(cc2N3c2ccc(C(C)(C)C)cc2-c2ccccc2)C(C)(C)CC4(C)C)C(C)(C)CC5(C)C)cc1. The smallest absolute Gasteiger partial charge is 0.252 e. The Morgan fingerprint density at radius 2 is 0.739 bits per heavy atom. The molecular weight excluding hydrogens is 1110 g/mol. The van der Waals surface area contributed by atoms with E-state index in [4.69, 9.17) is 0 Å². The molecule has 0 aromatic heterocycles. The fourth-order valence-electron chi connectivity index (χ4n) is 19.1. The monoisotopic (exact) mass is 1210 g/mol. The van der Waals surface area contributed by atoms with E-state index in [-0.39, 0.29) is 55.6 Å². The number of rotatable bonds is 6. The molecule has 4 heteroatoms. The van der Waals surface area contributed by atoms with Gasteiger partial charge in [-0.1, -0.05) is 253 Å². The van der Waals surface area contributed by atoms with Gasteiger partial charge in [-0.05, 0) is 214 Å². The zero-order valence-electron chi connectivity index (χ0n) is 58.9. The van der Waals surface area contributed by atoms with Crippen molar-refractivity contribution in [1.82, 2.24) is 0 Å². The van der Waals surface area contributed by atoms with Crippen LogP contribution in [0.5, 0.6) is 0 Å². The first-order chi connectivity index (χ1) is 43.2. The van der Waals surface area contributed by atoms with Crippen LogP contribution in [0, 0.1) is 0 Å². The van der Waals surface area contributed by atoms with Crippen LogP contribution in [-0.2, 0) is 43.3 Å². The normalized spacial score (nSPS) is 21.1. The minimum absolute atomic E-state index is 0.0247. The third-order valence-corrected chi connectivity index (χ3v) is 23.8. The number of anilines is 8. The highest BCUT2D eigenvalue weighted by atomic mass is 15.3. The van der Waals surface area contributed by atoms with E-state index in [9.17, 15) is 0 Å². The van der Waals surface area contributed by atoms with Crippen molar-refractivity contribution in [2.45, 2.75) is 219 Å². The summed E-state index contributed by atoms with van der Waals surface area (Å²) < 4.78 is 0. The molecular formula is C88H98BN3. The zero-order valence-corrected chi connectivity index (χ0v) is 58.9. The Bertz CT molecular complexity index is 4290. The Labute approximate surface area is 552 Å². The van der Waals surface area contributed by atoms with Crippen LogP contribution in [0.4, 0.5) is 45.5 Å². The fourth-order valence-corrected chi connectivity index (χ4v) is 19.1. The van der Waals surface area contributed by atoms with Gasteiger partial charge < -0.3 is 14.7 Å². The second kappa shape index (κ2) is 20.0. The molecule has 6 aliphatic rings. The average molecular weight is 1210 g/mol. The minimum atomic E-state index is -0.239. The number of hydrogen-bond acceptors (Lipinski definition) is 3. The molecule has 2 unspecified atom stereocenters. The molecule has 0 N–H and O–H groups in total. The molecule has 0 spiro atoms. The van der Waals surface area contributed by atoms with Crippen LogP contribution in [0.15, 0.2) is 176 Å². The predicted molar refractivity (Wildman–Crippen MR) is 397 cm³/mol. The van der Waals surface area contributed by atoms with E-state index in [0.717, 1.165) is 25.7 Å².